The van der Waals surface area contributed by atoms with Crippen molar-refractivity contribution in [3.8, 4) is 11.8 Å². The van der Waals surface area contributed by atoms with Crippen LogP contribution in [0.4, 0.5) is 0 Å². The Morgan fingerprint density at radius 2 is 2.27 bits per heavy atom. The van der Waals surface area contributed by atoms with Gasteiger partial charge in [0.2, 0.25) is 0 Å². The van der Waals surface area contributed by atoms with Crippen molar-refractivity contribution < 1.29 is 19.4 Å². The Hall–Kier alpha value is -1.80. The Kier molecular flexibility index (Phi) is 3.89. The van der Waals surface area contributed by atoms with Gasteiger partial charge in [0.15, 0.2) is 0 Å². The molecule has 78 valence electrons. The quantitative estimate of drug-likeness (QED) is 0.608. The summed E-state index contributed by atoms with van der Waals surface area (Å²) in [6.07, 6.45) is 0. The molecule has 1 aromatic heterocycles. The van der Waals surface area contributed by atoms with Crippen molar-refractivity contribution in [2.75, 3.05) is 6.61 Å². The Morgan fingerprint density at radius 1 is 1.53 bits per heavy atom. The van der Waals surface area contributed by atoms with E-state index in [-0.39, 0.29) is 11.5 Å². The number of esters is 1. The average Bonchev–Trinajstić information content (AvgIpc) is 2.63. The van der Waals surface area contributed by atoms with Gasteiger partial charge in [0.1, 0.15) is 4.88 Å². The predicted octanol–water partition coefficient (Wildman–Crippen LogP) is 1.36. The molecule has 0 saturated carbocycles. The molecule has 0 unspecified atom stereocenters. The third-order valence-electron chi connectivity index (χ3n) is 1.38. The summed E-state index contributed by atoms with van der Waals surface area (Å²) in [6.45, 7) is 1.96. The lowest BCUT2D eigenvalue weighted by atomic mass is 10.4. The van der Waals surface area contributed by atoms with Crippen LogP contribution in [0.1, 0.15) is 21.5 Å². The van der Waals surface area contributed by atoms with Crippen LogP contribution in [-0.4, -0.2) is 23.7 Å². The van der Waals surface area contributed by atoms with Crippen LogP contribution in [0.25, 0.3) is 0 Å². The molecule has 0 aliphatic heterocycles. The number of carbonyl (C=O) groups is 2. The van der Waals surface area contributed by atoms with E-state index in [1.54, 1.807) is 13.0 Å². The van der Waals surface area contributed by atoms with E-state index >= 15 is 0 Å². The van der Waals surface area contributed by atoms with E-state index in [9.17, 15) is 9.59 Å². The summed E-state index contributed by atoms with van der Waals surface area (Å²) < 4.78 is 4.59. The monoisotopic (exact) mass is 224 g/mol. The van der Waals surface area contributed by atoms with Gasteiger partial charge in [-0.05, 0) is 25.0 Å². The molecule has 0 fully saturated rings. The topological polar surface area (TPSA) is 63.6 Å². The van der Waals surface area contributed by atoms with Crippen LogP contribution in [0.3, 0.4) is 0 Å². The van der Waals surface area contributed by atoms with Gasteiger partial charge in [-0.1, -0.05) is 0 Å². The van der Waals surface area contributed by atoms with Crippen LogP contribution in [0.2, 0.25) is 0 Å². The van der Waals surface area contributed by atoms with Crippen molar-refractivity contribution in [2.45, 2.75) is 6.92 Å². The van der Waals surface area contributed by atoms with Gasteiger partial charge < -0.3 is 9.84 Å². The third kappa shape index (κ3) is 3.44. The maximum Gasteiger partial charge on any atom is 0.384 e. The van der Waals surface area contributed by atoms with Crippen molar-refractivity contribution in [3.05, 3.63) is 21.9 Å². The number of rotatable bonds is 2. The zero-order valence-electron chi connectivity index (χ0n) is 7.94. The first kappa shape index (κ1) is 11.3. The highest BCUT2D eigenvalue weighted by Gasteiger charge is 2.05. The van der Waals surface area contributed by atoms with Gasteiger partial charge in [0.25, 0.3) is 0 Å². The van der Waals surface area contributed by atoms with Gasteiger partial charge in [0, 0.05) is 5.92 Å². The van der Waals surface area contributed by atoms with Crippen LogP contribution in [0, 0.1) is 11.8 Å². The van der Waals surface area contributed by atoms with E-state index in [1.807, 2.05) is 0 Å². The molecule has 0 amide bonds. The van der Waals surface area contributed by atoms with E-state index in [0.29, 0.717) is 4.88 Å². The molecule has 1 rings (SSSR count). The first-order valence-corrected chi connectivity index (χ1v) is 4.97. The molecule has 0 aromatic carbocycles. The molecule has 0 atom stereocenters. The van der Waals surface area contributed by atoms with E-state index in [2.05, 4.69) is 16.6 Å². The number of hydrogen-bond acceptors (Lipinski definition) is 4. The second-order valence-electron chi connectivity index (χ2n) is 2.44. The molecule has 0 radical (unpaired) electrons. The summed E-state index contributed by atoms with van der Waals surface area (Å²) in [5, 5.41) is 8.63. The average molecular weight is 224 g/mol. The minimum Gasteiger partial charge on any atom is -0.477 e. The number of ether oxygens (including phenoxy) is 1. The molecule has 0 saturated heterocycles. The number of thiophene rings is 1. The van der Waals surface area contributed by atoms with Crippen LogP contribution >= 0.6 is 11.3 Å². The third-order valence-corrected chi connectivity index (χ3v) is 2.37. The molecular formula is C10H8O4S. The molecule has 4 nitrogen and oxygen atoms in total. The van der Waals surface area contributed by atoms with Crippen molar-refractivity contribution >= 4 is 23.3 Å². The van der Waals surface area contributed by atoms with Crippen LogP contribution in [0.15, 0.2) is 12.1 Å². The Labute approximate surface area is 90.5 Å². The molecule has 5 heteroatoms. The maximum atomic E-state index is 10.8. The first-order valence-electron chi connectivity index (χ1n) is 4.15. The van der Waals surface area contributed by atoms with Crippen molar-refractivity contribution in [2.24, 2.45) is 0 Å². The fraction of sp³-hybridized carbons (Fsp3) is 0.200. The van der Waals surface area contributed by atoms with Crippen molar-refractivity contribution in [3.63, 3.8) is 0 Å². The summed E-state index contributed by atoms with van der Waals surface area (Å²) >= 11 is 1.02. The normalized spacial score (nSPS) is 8.87. The second kappa shape index (κ2) is 5.17. The Morgan fingerprint density at radius 3 is 2.80 bits per heavy atom. The standard InChI is InChI=1S/C10H8O4S/c1-2-14-9(11)6-4-7-3-5-8(15-7)10(12)13/h3,5H,2H2,1H3,(H,12,13). The fourth-order valence-electron chi connectivity index (χ4n) is 0.800. The summed E-state index contributed by atoms with van der Waals surface area (Å²) in [5.74, 6) is 3.19. The fourth-order valence-corrected chi connectivity index (χ4v) is 1.50. The van der Waals surface area contributed by atoms with Crippen LogP contribution < -0.4 is 0 Å². The minimum absolute atomic E-state index is 0.197. The van der Waals surface area contributed by atoms with Gasteiger partial charge in [-0.2, -0.15) is 0 Å². The molecule has 1 aromatic rings. The van der Waals surface area contributed by atoms with Crippen LogP contribution in [0.5, 0.6) is 0 Å². The van der Waals surface area contributed by atoms with Crippen molar-refractivity contribution in [1.82, 2.24) is 0 Å². The zero-order chi connectivity index (χ0) is 11.3. The number of carboxylic acid groups (broad SMARTS) is 1. The van der Waals surface area contributed by atoms with Gasteiger partial charge >= 0.3 is 11.9 Å². The lowest BCUT2D eigenvalue weighted by Gasteiger charge is -1.89. The van der Waals surface area contributed by atoms with E-state index in [0.717, 1.165) is 11.3 Å². The molecule has 0 aliphatic carbocycles. The number of hydrogen-bond donors (Lipinski definition) is 1. The molecule has 1 N–H and O–H groups in total. The molecule has 0 bridgehead atoms. The maximum absolute atomic E-state index is 10.8. The van der Waals surface area contributed by atoms with Crippen LogP contribution in [-0.2, 0) is 9.53 Å². The van der Waals surface area contributed by atoms with E-state index in [4.69, 9.17) is 5.11 Å². The summed E-state index contributed by atoms with van der Waals surface area (Å²) in [4.78, 5) is 22.1. The smallest absolute Gasteiger partial charge is 0.384 e. The highest BCUT2D eigenvalue weighted by atomic mass is 32.1. The van der Waals surface area contributed by atoms with Gasteiger partial charge in [0.05, 0.1) is 11.5 Å². The lowest BCUT2D eigenvalue weighted by Crippen LogP contribution is -1.99. The summed E-state index contributed by atoms with van der Waals surface area (Å²) in [6, 6.07) is 3.00. The van der Waals surface area contributed by atoms with E-state index < -0.39 is 11.9 Å². The Balaban J connectivity index is 2.72. The summed E-state index contributed by atoms with van der Waals surface area (Å²) in [7, 11) is 0. The highest BCUT2D eigenvalue weighted by molar-refractivity contribution is 7.14. The molecule has 1 heterocycles. The SMILES string of the molecule is CCOC(=O)C#Cc1ccc(C(=O)O)s1. The first-order chi connectivity index (χ1) is 7.13. The number of aromatic carboxylic acids is 1. The molecule has 0 aliphatic rings. The van der Waals surface area contributed by atoms with Crippen molar-refractivity contribution in [1.29, 1.82) is 0 Å². The largest absolute Gasteiger partial charge is 0.477 e. The molecule has 15 heavy (non-hydrogen) atoms. The van der Waals surface area contributed by atoms with Gasteiger partial charge in [-0.3, -0.25) is 0 Å². The number of carboxylic acids is 1. The number of carbonyl (C=O) groups excluding carboxylic acids is 1. The van der Waals surface area contributed by atoms with Gasteiger partial charge in [-0.25, -0.2) is 9.59 Å². The highest BCUT2D eigenvalue weighted by Crippen LogP contribution is 2.14. The minimum atomic E-state index is -0.996. The zero-order valence-corrected chi connectivity index (χ0v) is 8.76. The van der Waals surface area contributed by atoms with Gasteiger partial charge in [-0.15, -0.1) is 11.3 Å². The van der Waals surface area contributed by atoms with E-state index in [1.165, 1.54) is 6.07 Å². The summed E-state index contributed by atoms with van der Waals surface area (Å²) in [5.41, 5.74) is 0. The predicted molar refractivity (Wildman–Crippen MR) is 54.8 cm³/mol. The molecule has 0 spiro atoms. The Bertz CT molecular complexity index is 436. The lowest BCUT2D eigenvalue weighted by molar-refractivity contribution is -0.136. The second-order valence-corrected chi connectivity index (χ2v) is 3.52. The molecular weight excluding hydrogens is 216 g/mol.